The number of anilines is 1. The Balaban J connectivity index is 1.35. The largest absolute Gasteiger partial charge is 0.507 e. The molecule has 0 spiro atoms. The maximum Gasteiger partial charge on any atom is 0.147 e. The van der Waals surface area contributed by atoms with Crippen LogP contribution in [0.5, 0.6) is 5.75 Å². The van der Waals surface area contributed by atoms with Crippen LogP contribution in [0.4, 0.5) is 10.2 Å². The van der Waals surface area contributed by atoms with Crippen LogP contribution >= 0.6 is 0 Å². The first kappa shape index (κ1) is 19.9. The summed E-state index contributed by atoms with van der Waals surface area (Å²) in [4.78, 5) is 11.0. The highest BCUT2D eigenvalue weighted by Crippen LogP contribution is 2.34. The second kappa shape index (κ2) is 7.92. The average molecular weight is 423 g/mol. The second-order valence-electron chi connectivity index (χ2n) is 8.67. The molecule has 0 radical (unpaired) electrons. The molecular weight excluding hydrogens is 395 g/mol. The van der Waals surface area contributed by atoms with Crippen LogP contribution in [-0.2, 0) is 0 Å². The summed E-state index contributed by atoms with van der Waals surface area (Å²) in [6.07, 6.45) is 6.22. The highest BCUT2D eigenvalue weighted by molar-refractivity contribution is 5.73. The van der Waals surface area contributed by atoms with E-state index in [0.717, 1.165) is 42.6 Å². The number of hydrogen-bond donors (Lipinski definition) is 3. The number of nitrogens with zero attached hydrogens (tertiary/aromatic N) is 4. The van der Waals surface area contributed by atoms with Gasteiger partial charge in [0.15, 0.2) is 0 Å². The van der Waals surface area contributed by atoms with Crippen molar-refractivity contribution in [3.8, 4) is 28.3 Å². The third-order valence-corrected chi connectivity index (χ3v) is 6.58. The minimum atomic E-state index is -0.925. The molecule has 8 heteroatoms. The van der Waals surface area contributed by atoms with E-state index in [1.54, 1.807) is 18.5 Å². The molecule has 5 rings (SSSR count). The standard InChI is InChI=1S/C23H27FN6O/c1-13-8-18(29-28-13)14-6-7-16(21(31)9-14)19-11-26-22(12-25-19)30(2)20-10-15-4-3-5-17(27-15)23(20)24/h6-9,11-12,15,17,20,23,27,31H,3-5,10H2,1-2H3,(H,28,29)/t15?,17-,20+,23-/m0/s1. The van der Waals surface area contributed by atoms with Crippen molar-refractivity contribution < 1.29 is 9.50 Å². The van der Waals surface area contributed by atoms with Gasteiger partial charge in [0.05, 0.1) is 35.5 Å². The van der Waals surface area contributed by atoms with Gasteiger partial charge < -0.3 is 15.3 Å². The molecule has 2 saturated heterocycles. The number of hydrogen-bond acceptors (Lipinski definition) is 6. The lowest BCUT2D eigenvalue weighted by Gasteiger charge is -2.46. The number of phenolic OH excluding ortho intramolecular Hbond substituents is 1. The van der Waals surface area contributed by atoms with Crippen LogP contribution < -0.4 is 10.2 Å². The summed E-state index contributed by atoms with van der Waals surface area (Å²) in [6.45, 7) is 1.91. The Morgan fingerprint density at radius 1 is 1.16 bits per heavy atom. The Morgan fingerprint density at radius 3 is 2.74 bits per heavy atom. The quantitative estimate of drug-likeness (QED) is 0.595. The van der Waals surface area contributed by atoms with Crippen molar-refractivity contribution in [2.24, 2.45) is 0 Å². The summed E-state index contributed by atoms with van der Waals surface area (Å²) < 4.78 is 15.0. The molecule has 4 atom stereocenters. The summed E-state index contributed by atoms with van der Waals surface area (Å²) in [6, 6.07) is 7.44. The van der Waals surface area contributed by atoms with Gasteiger partial charge in [-0.25, -0.2) is 9.37 Å². The number of aromatic amines is 1. The van der Waals surface area contributed by atoms with Crippen molar-refractivity contribution in [3.05, 3.63) is 42.4 Å². The Labute approximate surface area is 180 Å². The van der Waals surface area contributed by atoms with Gasteiger partial charge in [0.25, 0.3) is 0 Å². The van der Waals surface area contributed by atoms with Gasteiger partial charge in [0.1, 0.15) is 17.7 Å². The molecule has 2 fully saturated rings. The zero-order valence-electron chi connectivity index (χ0n) is 17.7. The van der Waals surface area contributed by atoms with E-state index in [-0.39, 0.29) is 17.8 Å². The topological polar surface area (TPSA) is 90.0 Å². The van der Waals surface area contributed by atoms with Crippen LogP contribution in [0.25, 0.3) is 22.5 Å². The normalized spacial score (nSPS) is 25.4. The molecule has 7 nitrogen and oxygen atoms in total. The lowest BCUT2D eigenvalue weighted by Crippen LogP contribution is -2.61. The molecule has 2 aliphatic rings. The van der Waals surface area contributed by atoms with Crippen LogP contribution in [0.2, 0.25) is 0 Å². The number of nitrogens with one attached hydrogen (secondary N) is 2. The third-order valence-electron chi connectivity index (χ3n) is 6.58. The number of H-pyrrole nitrogens is 1. The summed E-state index contributed by atoms with van der Waals surface area (Å²) in [5, 5.41) is 21.0. The number of benzene rings is 1. The smallest absolute Gasteiger partial charge is 0.147 e. The molecule has 1 aromatic carbocycles. The number of alkyl halides is 1. The fraction of sp³-hybridized carbons (Fsp3) is 0.435. The summed E-state index contributed by atoms with van der Waals surface area (Å²) >= 11 is 0. The molecule has 3 N–H and O–H groups in total. The Kier molecular flexibility index (Phi) is 5.09. The number of fused-ring (bicyclic) bond motifs is 2. The third kappa shape index (κ3) is 3.76. The minimum absolute atomic E-state index is 0.0682. The van der Waals surface area contributed by atoms with Gasteiger partial charge in [-0.15, -0.1) is 0 Å². The fourth-order valence-electron chi connectivity index (χ4n) is 4.85. The molecular formula is C23H27FN6O. The predicted molar refractivity (Wildman–Crippen MR) is 118 cm³/mol. The van der Waals surface area contributed by atoms with E-state index >= 15 is 4.39 Å². The maximum absolute atomic E-state index is 15.0. The van der Waals surface area contributed by atoms with Gasteiger partial charge in [-0.05, 0) is 44.4 Å². The Bertz CT molecular complexity index is 1070. The van der Waals surface area contributed by atoms with E-state index in [2.05, 4.69) is 25.5 Å². The van der Waals surface area contributed by atoms with Gasteiger partial charge in [0, 0.05) is 30.3 Å². The molecule has 3 aromatic rings. The van der Waals surface area contributed by atoms with E-state index in [4.69, 9.17) is 0 Å². The number of aromatic nitrogens is 4. The molecule has 162 valence electrons. The predicted octanol–water partition coefficient (Wildman–Crippen LogP) is 3.61. The van der Waals surface area contributed by atoms with Gasteiger partial charge >= 0.3 is 0 Å². The first-order chi connectivity index (χ1) is 15.0. The minimum Gasteiger partial charge on any atom is -0.507 e. The zero-order valence-corrected chi connectivity index (χ0v) is 17.7. The monoisotopic (exact) mass is 422 g/mol. The number of piperidine rings is 2. The van der Waals surface area contributed by atoms with E-state index in [0.29, 0.717) is 23.1 Å². The van der Waals surface area contributed by atoms with Gasteiger partial charge in [-0.2, -0.15) is 5.10 Å². The molecule has 0 aliphatic carbocycles. The molecule has 2 aliphatic heterocycles. The number of aryl methyl sites for hydroxylation is 1. The molecule has 31 heavy (non-hydrogen) atoms. The molecule has 2 bridgehead atoms. The highest BCUT2D eigenvalue weighted by atomic mass is 19.1. The van der Waals surface area contributed by atoms with E-state index < -0.39 is 6.17 Å². The summed E-state index contributed by atoms with van der Waals surface area (Å²) in [7, 11) is 1.89. The van der Waals surface area contributed by atoms with Crippen LogP contribution in [0.3, 0.4) is 0 Å². The lowest BCUT2D eigenvalue weighted by molar-refractivity contribution is 0.107. The van der Waals surface area contributed by atoms with E-state index in [1.807, 2.05) is 37.1 Å². The van der Waals surface area contributed by atoms with Gasteiger partial charge in [-0.1, -0.05) is 12.5 Å². The lowest BCUT2D eigenvalue weighted by atomic mass is 9.82. The second-order valence-corrected chi connectivity index (χ2v) is 8.67. The van der Waals surface area contributed by atoms with Crippen LogP contribution in [-0.4, -0.2) is 56.6 Å². The van der Waals surface area contributed by atoms with Crippen molar-refractivity contribution in [2.75, 3.05) is 11.9 Å². The first-order valence-electron chi connectivity index (χ1n) is 10.8. The zero-order chi connectivity index (χ0) is 21.5. The summed E-state index contributed by atoms with van der Waals surface area (Å²) in [5.74, 6) is 0.760. The van der Waals surface area contributed by atoms with Gasteiger partial charge in [-0.3, -0.25) is 10.1 Å². The SMILES string of the molecule is Cc1cc(-c2ccc(-c3cnc(N(C)[C@@H]4CC5CCC[C@H](N5)[C@@H]4F)cn3)c(O)c2)[nH]n1. The van der Waals surface area contributed by atoms with Crippen molar-refractivity contribution >= 4 is 5.82 Å². The molecule has 2 aromatic heterocycles. The van der Waals surface area contributed by atoms with Crippen LogP contribution in [0.1, 0.15) is 31.4 Å². The van der Waals surface area contributed by atoms with E-state index in [1.165, 1.54) is 0 Å². The maximum atomic E-state index is 15.0. The molecule has 1 unspecified atom stereocenters. The van der Waals surface area contributed by atoms with Crippen LogP contribution in [0.15, 0.2) is 36.7 Å². The van der Waals surface area contributed by atoms with Crippen LogP contribution in [0, 0.1) is 6.92 Å². The van der Waals surface area contributed by atoms with Gasteiger partial charge in [0.2, 0.25) is 0 Å². The van der Waals surface area contributed by atoms with E-state index in [9.17, 15) is 5.11 Å². The Morgan fingerprint density at radius 2 is 2.03 bits per heavy atom. The number of halogens is 1. The first-order valence-corrected chi connectivity index (χ1v) is 10.8. The van der Waals surface area contributed by atoms with Crippen molar-refractivity contribution in [1.29, 1.82) is 0 Å². The fourth-order valence-corrected chi connectivity index (χ4v) is 4.85. The molecule has 0 amide bonds. The molecule has 4 heterocycles. The van der Waals surface area contributed by atoms with Crippen molar-refractivity contribution in [3.63, 3.8) is 0 Å². The average Bonchev–Trinajstić information content (AvgIpc) is 3.22. The number of phenols is 1. The number of aromatic hydroxyl groups is 1. The number of rotatable bonds is 4. The Hall–Kier alpha value is -3.00. The molecule has 0 saturated carbocycles. The highest BCUT2D eigenvalue weighted by Gasteiger charge is 2.41. The summed E-state index contributed by atoms with van der Waals surface area (Å²) in [5.41, 5.74) is 3.74. The van der Waals surface area contributed by atoms with Crippen molar-refractivity contribution in [1.82, 2.24) is 25.5 Å². The van der Waals surface area contributed by atoms with Crippen molar-refractivity contribution in [2.45, 2.75) is 56.9 Å².